The third-order valence-electron chi connectivity index (χ3n) is 2.58. The van der Waals surface area contributed by atoms with Crippen molar-refractivity contribution in [3.8, 4) is 0 Å². The number of unbranched alkanes of at least 4 members (excludes halogenated alkanes) is 1. The predicted octanol–water partition coefficient (Wildman–Crippen LogP) is 3.17. The number of hydrogen-bond donors (Lipinski definition) is 1. The molecule has 0 spiro atoms. The molecule has 0 aliphatic heterocycles. The fourth-order valence-corrected chi connectivity index (χ4v) is 1.65. The van der Waals surface area contributed by atoms with Gasteiger partial charge in [-0.25, -0.2) is 8.78 Å². The van der Waals surface area contributed by atoms with Gasteiger partial charge in [-0.05, 0) is 25.5 Å². The molecule has 0 amide bonds. The van der Waals surface area contributed by atoms with E-state index in [9.17, 15) is 8.78 Å². The van der Waals surface area contributed by atoms with Gasteiger partial charge in [-0.2, -0.15) is 0 Å². The number of nitrogen functional groups attached to an aromatic ring is 1. The van der Waals surface area contributed by atoms with Gasteiger partial charge in [0.1, 0.15) is 0 Å². The van der Waals surface area contributed by atoms with Crippen molar-refractivity contribution in [2.75, 3.05) is 23.7 Å². The van der Waals surface area contributed by atoms with Crippen LogP contribution < -0.4 is 10.6 Å². The number of nitrogens with zero attached hydrogens (tertiary/aromatic N) is 1. The molecule has 0 radical (unpaired) electrons. The lowest BCUT2D eigenvalue weighted by Crippen LogP contribution is -2.26. The molecule has 1 aromatic rings. The molecule has 90 valence electrons. The van der Waals surface area contributed by atoms with E-state index < -0.39 is 11.6 Å². The Morgan fingerprint density at radius 3 is 2.50 bits per heavy atom. The maximum Gasteiger partial charge on any atom is 0.184 e. The Morgan fingerprint density at radius 1 is 1.25 bits per heavy atom. The van der Waals surface area contributed by atoms with Crippen molar-refractivity contribution in [1.82, 2.24) is 0 Å². The highest BCUT2D eigenvalue weighted by atomic mass is 19.2. The van der Waals surface area contributed by atoms with E-state index in [0.717, 1.165) is 18.9 Å². The number of hydrogen-bond acceptors (Lipinski definition) is 2. The molecule has 0 saturated carbocycles. The maximum atomic E-state index is 13.6. The van der Waals surface area contributed by atoms with E-state index >= 15 is 0 Å². The molecule has 0 saturated heterocycles. The Morgan fingerprint density at radius 2 is 1.94 bits per heavy atom. The smallest absolute Gasteiger partial charge is 0.184 e. The maximum absolute atomic E-state index is 13.6. The molecule has 1 rings (SSSR count). The summed E-state index contributed by atoms with van der Waals surface area (Å²) >= 11 is 0. The van der Waals surface area contributed by atoms with Gasteiger partial charge in [0.15, 0.2) is 11.6 Å². The van der Waals surface area contributed by atoms with Gasteiger partial charge in [0, 0.05) is 13.1 Å². The average Bonchev–Trinajstić information content (AvgIpc) is 2.28. The van der Waals surface area contributed by atoms with E-state index in [-0.39, 0.29) is 11.4 Å². The van der Waals surface area contributed by atoms with Crippen molar-refractivity contribution < 1.29 is 8.78 Å². The zero-order valence-electron chi connectivity index (χ0n) is 9.76. The number of benzene rings is 1. The fourth-order valence-electron chi connectivity index (χ4n) is 1.65. The van der Waals surface area contributed by atoms with Crippen LogP contribution in [0, 0.1) is 11.6 Å². The average molecular weight is 228 g/mol. The lowest BCUT2D eigenvalue weighted by Gasteiger charge is -2.25. The molecule has 1 aromatic carbocycles. The lowest BCUT2D eigenvalue weighted by molar-refractivity contribution is 0.506. The highest BCUT2D eigenvalue weighted by Crippen LogP contribution is 2.28. The van der Waals surface area contributed by atoms with E-state index in [1.807, 2.05) is 6.92 Å². The van der Waals surface area contributed by atoms with Gasteiger partial charge in [0.2, 0.25) is 0 Å². The number of nitrogens with two attached hydrogens (primary N) is 1. The second-order valence-corrected chi connectivity index (χ2v) is 3.73. The minimum Gasteiger partial charge on any atom is -0.397 e. The van der Waals surface area contributed by atoms with Crippen molar-refractivity contribution in [3.05, 3.63) is 23.8 Å². The normalized spacial score (nSPS) is 10.5. The molecule has 4 heteroatoms. The lowest BCUT2D eigenvalue weighted by atomic mass is 10.2. The van der Waals surface area contributed by atoms with Gasteiger partial charge < -0.3 is 10.6 Å². The molecule has 0 unspecified atom stereocenters. The van der Waals surface area contributed by atoms with Gasteiger partial charge in [-0.15, -0.1) is 0 Å². The van der Waals surface area contributed by atoms with Crippen molar-refractivity contribution >= 4 is 11.4 Å². The van der Waals surface area contributed by atoms with E-state index in [0.29, 0.717) is 13.1 Å². The summed E-state index contributed by atoms with van der Waals surface area (Å²) in [6, 6.07) is 2.46. The summed E-state index contributed by atoms with van der Waals surface area (Å²) in [5, 5.41) is 0. The molecule has 0 atom stereocenters. The highest BCUT2D eigenvalue weighted by molar-refractivity contribution is 5.68. The molecular formula is C12H18F2N2. The van der Waals surface area contributed by atoms with Crippen LogP contribution >= 0.6 is 0 Å². The van der Waals surface area contributed by atoms with E-state index in [1.165, 1.54) is 6.07 Å². The first-order valence-corrected chi connectivity index (χ1v) is 5.60. The fraction of sp³-hybridized carbons (Fsp3) is 0.500. The van der Waals surface area contributed by atoms with Crippen molar-refractivity contribution in [3.63, 3.8) is 0 Å². The predicted molar refractivity (Wildman–Crippen MR) is 63.6 cm³/mol. The molecule has 0 aliphatic carbocycles. The largest absolute Gasteiger partial charge is 0.397 e. The summed E-state index contributed by atoms with van der Waals surface area (Å²) in [4.78, 5) is 1.78. The van der Waals surface area contributed by atoms with Gasteiger partial charge in [-0.3, -0.25) is 0 Å². The molecular weight excluding hydrogens is 210 g/mol. The van der Waals surface area contributed by atoms with Crippen LogP contribution in [-0.2, 0) is 0 Å². The summed E-state index contributed by atoms with van der Waals surface area (Å²) in [7, 11) is 0. The van der Waals surface area contributed by atoms with Crippen LogP contribution in [0.1, 0.15) is 26.7 Å². The Labute approximate surface area is 95.1 Å². The molecule has 0 heterocycles. The topological polar surface area (TPSA) is 29.3 Å². The number of halogens is 2. The molecule has 0 bridgehead atoms. The zero-order valence-corrected chi connectivity index (χ0v) is 9.76. The summed E-state index contributed by atoms with van der Waals surface area (Å²) < 4.78 is 26.8. The quantitative estimate of drug-likeness (QED) is 0.784. The van der Waals surface area contributed by atoms with Crippen LogP contribution in [0.15, 0.2) is 12.1 Å². The van der Waals surface area contributed by atoms with E-state index in [1.54, 1.807) is 4.90 Å². The van der Waals surface area contributed by atoms with Crippen LogP contribution in [0.5, 0.6) is 0 Å². The molecule has 0 aromatic heterocycles. The monoisotopic (exact) mass is 228 g/mol. The van der Waals surface area contributed by atoms with Gasteiger partial charge in [0.25, 0.3) is 0 Å². The van der Waals surface area contributed by atoms with E-state index in [2.05, 4.69) is 6.92 Å². The van der Waals surface area contributed by atoms with Gasteiger partial charge in [0.05, 0.1) is 11.4 Å². The standard InChI is InChI=1S/C12H18F2N2/c1-3-5-8-16(4-2)12-10(15)7-6-9(13)11(12)14/h6-7H,3-5,8,15H2,1-2H3. The zero-order chi connectivity index (χ0) is 12.1. The molecule has 2 nitrogen and oxygen atoms in total. The van der Waals surface area contributed by atoms with Crippen LogP contribution in [0.25, 0.3) is 0 Å². The van der Waals surface area contributed by atoms with Crippen LogP contribution in [0.4, 0.5) is 20.2 Å². The molecule has 2 N–H and O–H groups in total. The molecule has 16 heavy (non-hydrogen) atoms. The SMILES string of the molecule is CCCCN(CC)c1c(N)ccc(F)c1F. The van der Waals surface area contributed by atoms with Crippen molar-refractivity contribution in [2.24, 2.45) is 0 Å². The van der Waals surface area contributed by atoms with E-state index in [4.69, 9.17) is 5.73 Å². The minimum atomic E-state index is -0.849. The summed E-state index contributed by atoms with van der Waals surface area (Å²) in [6.07, 6.45) is 1.94. The first kappa shape index (κ1) is 12.7. The summed E-state index contributed by atoms with van der Waals surface area (Å²) in [5.41, 5.74) is 6.17. The molecule has 0 aliphatic rings. The second kappa shape index (κ2) is 5.68. The second-order valence-electron chi connectivity index (χ2n) is 3.73. The first-order valence-electron chi connectivity index (χ1n) is 5.60. The highest BCUT2D eigenvalue weighted by Gasteiger charge is 2.16. The van der Waals surface area contributed by atoms with Crippen LogP contribution in [-0.4, -0.2) is 13.1 Å². The molecule has 0 fully saturated rings. The first-order chi connectivity index (χ1) is 7.61. The Kier molecular flexibility index (Phi) is 4.52. The van der Waals surface area contributed by atoms with Crippen molar-refractivity contribution in [1.29, 1.82) is 0 Å². The Bertz CT molecular complexity index is 353. The number of rotatable bonds is 5. The van der Waals surface area contributed by atoms with Gasteiger partial charge >= 0.3 is 0 Å². The minimum absolute atomic E-state index is 0.191. The third kappa shape index (κ3) is 2.62. The summed E-state index contributed by atoms with van der Waals surface area (Å²) in [5.74, 6) is -1.70. The summed E-state index contributed by atoms with van der Waals surface area (Å²) in [6.45, 7) is 5.26. The van der Waals surface area contributed by atoms with Crippen molar-refractivity contribution in [2.45, 2.75) is 26.7 Å². The number of anilines is 2. The van der Waals surface area contributed by atoms with Crippen LogP contribution in [0.3, 0.4) is 0 Å². The van der Waals surface area contributed by atoms with Crippen LogP contribution in [0.2, 0.25) is 0 Å². The van der Waals surface area contributed by atoms with Gasteiger partial charge in [-0.1, -0.05) is 13.3 Å². The third-order valence-corrected chi connectivity index (χ3v) is 2.58. The Hall–Kier alpha value is -1.32. The Balaban J connectivity index is 3.03.